The van der Waals surface area contributed by atoms with Gasteiger partial charge in [0.2, 0.25) is 0 Å². The molecule has 0 aromatic heterocycles. The molecule has 2 N–H and O–H groups in total. The predicted octanol–water partition coefficient (Wildman–Crippen LogP) is 2.95. The van der Waals surface area contributed by atoms with Crippen LogP contribution < -0.4 is 5.32 Å². The van der Waals surface area contributed by atoms with Crippen molar-refractivity contribution >= 4 is 0 Å². The van der Waals surface area contributed by atoms with Crippen LogP contribution in [0.4, 0.5) is 0 Å². The fourth-order valence-corrected chi connectivity index (χ4v) is 2.58. The highest BCUT2D eigenvalue weighted by atomic mass is 16.3. The minimum atomic E-state index is -0.170. The molecule has 1 unspecified atom stereocenters. The first kappa shape index (κ1) is 12.6. The number of rotatable bonds is 3. The minimum Gasteiger partial charge on any atom is -0.392 e. The van der Waals surface area contributed by atoms with Crippen LogP contribution >= 0.6 is 0 Å². The van der Waals surface area contributed by atoms with Gasteiger partial charge in [0.25, 0.3) is 0 Å². The second-order valence-electron chi connectivity index (χ2n) is 5.26. The molecule has 17 heavy (non-hydrogen) atoms. The van der Waals surface area contributed by atoms with E-state index in [0.717, 1.165) is 19.3 Å². The Morgan fingerprint density at radius 3 is 2.47 bits per heavy atom. The summed E-state index contributed by atoms with van der Waals surface area (Å²) in [5.74, 6) is 0. The lowest BCUT2D eigenvalue weighted by molar-refractivity contribution is 0.0860. The van der Waals surface area contributed by atoms with E-state index in [-0.39, 0.29) is 12.1 Å². The van der Waals surface area contributed by atoms with Crippen LogP contribution in [-0.2, 0) is 0 Å². The maximum absolute atomic E-state index is 9.95. The molecule has 1 aromatic rings. The highest BCUT2D eigenvalue weighted by Crippen LogP contribution is 2.22. The molecule has 94 valence electrons. The smallest absolute Gasteiger partial charge is 0.0693 e. The lowest BCUT2D eigenvalue weighted by Crippen LogP contribution is -2.43. The summed E-state index contributed by atoms with van der Waals surface area (Å²) < 4.78 is 0. The Morgan fingerprint density at radius 1 is 1.18 bits per heavy atom. The largest absolute Gasteiger partial charge is 0.392 e. The molecule has 1 fully saturated rings. The summed E-state index contributed by atoms with van der Waals surface area (Å²) in [5.41, 5.74) is 2.59. The van der Waals surface area contributed by atoms with Gasteiger partial charge in [-0.1, -0.05) is 42.7 Å². The molecule has 1 aliphatic rings. The van der Waals surface area contributed by atoms with Crippen LogP contribution in [0.5, 0.6) is 0 Å². The molecule has 0 aliphatic heterocycles. The first-order chi connectivity index (χ1) is 8.16. The van der Waals surface area contributed by atoms with Crippen molar-refractivity contribution in [1.82, 2.24) is 5.32 Å². The molecule has 3 atom stereocenters. The summed E-state index contributed by atoms with van der Waals surface area (Å²) in [5, 5.41) is 13.5. The number of nitrogens with one attached hydrogen (secondary N) is 1. The van der Waals surface area contributed by atoms with E-state index in [1.807, 2.05) is 0 Å². The van der Waals surface area contributed by atoms with E-state index in [1.165, 1.54) is 17.5 Å². The monoisotopic (exact) mass is 233 g/mol. The summed E-state index contributed by atoms with van der Waals surface area (Å²) in [7, 11) is 0. The van der Waals surface area contributed by atoms with Crippen molar-refractivity contribution in [2.75, 3.05) is 0 Å². The highest BCUT2D eigenvalue weighted by molar-refractivity contribution is 5.23. The van der Waals surface area contributed by atoms with E-state index in [9.17, 15) is 5.11 Å². The van der Waals surface area contributed by atoms with Gasteiger partial charge < -0.3 is 10.4 Å². The highest BCUT2D eigenvalue weighted by Gasteiger charge is 2.24. The average molecular weight is 233 g/mol. The van der Waals surface area contributed by atoms with Gasteiger partial charge in [-0.2, -0.15) is 0 Å². The molecular weight excluding hydrogens is 210 g/mol. The Hall–Kier alpha value is -0.860. The Labute approximate surface area is 104 Å². The minimum absolute atomic E-state index is 0.170. The molecule has 1 aliphatic carbocycles. The van der Waals surface area contributed by atoms with Gasteiger partial charge in [-0.3, -0.25) is 0 Å². The third-order valence-electron chi connectivity index (χ3n) is 3.77. The first-order valence-electron chi connectivity index (χ1n) is 6.67. The second kappa shape index (κ2) is 5.65. The molecule has 0 spiro atoms. The summed E-state index contributed by atoms with van der Waals surface area (Å²) in [6, 6.07) is 9.20. The molecule has 0 saturated heterocycles. The van der Waals surface area contributed by atoms with Gasteiger partial charge in [0.15, 0.2) is 0 Å². The first-order valence-corrected chi connectivity index (χ1v) is 6.67. The fraction of sp³-hybridized carbons (Fsp3) is 0.600. The van der Waals surface area contributed by atoms with Crippen molar-refractivity contribution in [2.24, 2.45) is 0 Å². The van der Waals surface area contributed by atoms with Gasteiger partial charge in [0.1, 0.15) is 0 Å². The Balaban J connectivity index is 1.95. The van der Waals surface area contributed by atoms with Crippen LogP contribution in [0.3, 0.4) is 0 Å². The molecule has 2 heteroatoms. The normalized spacial score (nSPS) is 26.8. The maximum Gasteiger partial charge on any atom is 0.0693 e. The molecular formula is C15H23NO. The standard InChI is InChI=1S/C15H23NO/c1-11-7-9-13(10-8-11)12(2)16-14-5-3-4-6-15(14)17/h7-10,12,14-17H,3-6H2,1-2H3/t12?,14-,15-/m0/s1. The molecule has 1 aromatic carbocycles. The summed E-state index contributed by atoms with van der Waals surface area (Å²) >= 11 is 0. The van der Waals surface area contributed by atoms with Crippen LogP contribution in [0.15, 0.2) is 24.3 Å². The van der Waals surface area contributed by atoms with Crippen LogP contribution in [0, 0.1) is 6.92 Å². The quantitative estimate of drug-likeness (QED) is 0.841. The van der Waals surface area contributed by atoms with Crippen LogP contribution in [0.2, 0.25) is 0 Å². The maximum atomic E-state index is 9.95. The van der Waals surface area contributed by atoms with E-state index in [4.69, 9.17) is 0 Å². The van der Waals surface area contributed by atoms with Crippen molar-refractivity contribution in [3.8, 4) is 0 Å². The Kier molecular flexibility index (Phi) is 4.19. The van der Waals surface area contributed by atoms with Gasteiger partial charge in [0, 0.05) is 12.1 Å². The number of aryl methyl sites for hydroxylation is 1. The lowest BCUT2D eigenvalue weighted by Gasteiger charge is -2.31. The zero-order valence-electron chi connectivity index (χ0n) is 10.8. The zero-order chi connectivity index (χ0) is 12.3. The Bertz CT molecular complexity index is 346. The molecule has 0 amide bonds. The van der Waals surface area contributed by atoms with E-state index < -0.39 is 0 Å². The summed E-state index contributed by atoms with van der Waals surface area (Å²) in [6.07, 6.45) is 4.26. The Morgan fingerprint density at radius 2 is 1.82 bits per heavy atom. The second-order valence-corrected chi connectivity index (χ2v) is 5.26. The summed E-state index contributed by atoms with van der Waals surface area (Å²) in [4.78, 5) is 0. The third-order valence-corrected chi connectivity index (χ3v) is 3.77. The van der Waals surface area contributed by atoms with Gasteiger partial charge >= 0.3 is 0 Å². The van der Waals surface area contributed by atoms with E-state index in [1.54, 1.807) is 0 Å². The molecule has 2 rings (SSSR count). The van der Waals surface area contributed by atoms with Crippen molar-refractivity contribution in [3.05, 3.63) is 35.4 Å². The average Bonchev–Trinajstić information content (AvgIpc) is 2.33. The van der Waals surface area contributed by atoms with Crippen LogP contribution in [0.1, 0.15) is 49.8 Å². The molecule has 2 nitrogen and oxygen atoms in total. The van der Waals surface area contributed by atoms with Crippen molar-refractivity contribution in [1.29, 1.82) is 0 Å². The molecule has 1 saturated carbocycles. The van der Waals surface area contributed by atoms with Crippen LogP contribution in [-0.4, -0.2) is 17.3 Å². The molecule has 0 bridgehead atoms. The van der Waals surface area contributed by atoms with Crippen molar-refractivity contribution in [3.63, 3.8) is 0 Å². The SMILES string of the molecule is Cc1ccc(C(C)N[C@H]2CCCC[C@@H]2O)cc1. The van der Waals surface area contributed by atoms with E-state index >= 15 is 0 Å². The number of aliphatic hydroxyl groups is 1. The fourth-order valence-electron chi connectivity index (χ4n) is 2.58. The number of hydrogen-bond donors (Lipinski definition) is 2. The zero-order valence-corrected chi connectivity index (χ0v) is 10.8. The van der Waals surface area contributed by atoms with Crippen LogP contribution in [0.25, 0.3) is 0 Å². The third kappa shape index (κ3) is 3.30. The van der Waals surface area contributed by atoms with Gasteiger partial charge in [0.05, 0.1) is 6.10 Å². The summed E-state index contributed by atoms with van der Waals surface area (Å²) in [6.45, 7) is 4.28. The van der Waals surface area contributed by atoms with Crippen molar-refractivity contribution in [2.45, 2.75) is 57.7 Å². The van der Waals surface area contributed by atoms with E-state index in [0.29, 0.717) is 6.04 Å². The number of benzene rings is 1. The van der Waals surface area contributed by atoms with Gasteiger partial charge in [-0.05, 0) is 32.3 Å². The van der Waals surface area contributed by atoms with Gasteiger partial charge in [-0.15, -0.1) is 0 Å². The number of aliphatic hydroxyl groups excluding tert-OH is 1. The molecule has 0 heterocycles. The lowest BCUT2D eigenvalue weighted by atomic mass is 9.91. The number of hydrogen-bond acceptors (Lipinski definition) is 2. The molecule has 0 radical (unpaired) electrons. The van der Waals surface area contributed by atoms with E-state index in [2.05, 4.69) is 43.4 Å². The topological polar surface area (TPSA) is 32.3 Å². The predicted molar refractivity (Wildman–Crippen MR) is 71.0 cm³/mol. The van der Waals surface area contributed by atoms with Crippen molar-refractivity contribution < 1.29 is 5.11 Å². The van der Waals surface area contributed by atoms with Gasteiger partial charge in [-0.25, -0.2) is 0 Å².